The van der Waals surface area contributed by atoms with Crippen molar-refractivity contribution in [3.05, 3.63) is 45.2 Å². The number of pyridine rings is 1. The average Bonchev–Trinajstić information content (AvgIpc) is 2.33. The third-order valence-electron chi connectivity index (χ3n) is 3.17. The maximum Gasteiger partial charge on any atom is 0.310 e. The first-order valence-electron chi connectivity index (χ1n) is 5.58. The molecule has 1 heterocycles. The van der Waals surface area contributed by atoms with E-state index in [1.807, 2.05) is 0 Å². The Morgan fingerprint density at radius 3 is 2.58 bits per heavy atom. The number of aryl methyl sites for hydroxylation is 1. The highest BCUT2D eigenvalue weighted by Gasteiger charge is 2.23. The normalized spacial score (nSPS) is 12.6. The van der Waals surface area contributed by atoms with Crippen molar-refractivity contribution in [1.29, 1.82) is 0 Å². The number of nitrogens with one attached hydrogen (secondary N) is 1. The Morgan fingerprint density at radius 2 is 2.00 bits per heavy atom. The number of benzene rings is 1. The molecule has 0 aliphatic heterocycles. The summed E-state index contributed by atoms with van der Waals surface area (Å²) in [6, 6.07) is 2.16. The molecule has 0 aliphatic rings. The van der Waals surface area contributed by atoms with Crippen molar-refractivity contribution in [2.45, 2.75) is 19.8 Å². The predicted octanol–water partition coefficient (Wildman–Crippen LogP) is 2.30. The van der Waals surface area contributed by atoms with E-state index in [1.165, 1.54) is 19.9 Å². The monoisotopic (exact) mass is 267 g/mol. The van der Waals surface area contributed by atoms with Crippen molar-refractivity contribution in [1.82, 2.24) is 4.98 Å². The first-order chi connectivity index (χ1) is 8.84. The molecule has 1 aromatic carbocycles. The van der Waals surface area contributed by atoms with Gasteiger partial charge in [-0.15, -0.1) is 0 Å². The Hall–Kier alpha value is -2.24. The number of aromatic nitrogens is 1. The zero-order chi connectivity index (χ0) is 14.3. The number of carbonyl (C=O) groups is 1. The molecule has 19 heavy (non-hydrogen) atoms. The molecule has 1 aromatic heterocycles. The maximum absolute atomic E-state index is 13.8. The summed E-state index contributed by atoms with van der Waals surface area (Å²) in [6.45, 7) is 2.73. The number of halogens is 2. The minimum Gasteiger partial charge on any atom is -0.481 e. The van der Waals surface area contributed by atoms with E-state index in [1.54, 1.807) is 0 Å². The Labute approximate surface area is 106 Å². The highest BCUT2D eigenvalue weighted by Crippen LogP contribution is 2.26. The SMILES string of the molecule is Cc1c([C@H](C)C(=O)O)c(=O)[nH]c2ccc(F)c(F)c12. The van der Waals surface area contributed by atoms with Gasteiger partial charge in [0, 0.05) is 10.9 Å². The van der Waals surface area contributed by atoms with Crippen LogP contribution >= 0.6 is 0 Å². The fraction of sp³-hybridized carbons (Fsp3) is 0.231. The van der Waals surface area contributed by atoms with Gasteiger partial charge < -0.3 is 10.1 Å². The molecule has 100 valence electrons. The van der Waals surface area contributed by atoms with Gasteiger partial charge in [0.25, 0.3) is 5.56 Å². The van der Waals surface area contributed by atoms with E-state index in [9.17, 15) is 18.4 Å². The number of rotatable bonds is 2. The molecule has 0 saturated heterocycles. The summed E-state index contributed by atoms with van der Waals surface area (Å²) >= 11 is 0. The molecule has 1 atom stereocenters. The molecular formula is C13H11F2NO3. The minimum atomic E-state index is -1.20. The number of aliphatic carboxylic acids is 1. The first-order valence-corrected chi connectivity index (χ1v) is 5.58. The van der Waals surface area contributed by atoms with Crippen LogP contribution in [0.4, 0.5) is 8.78 Å². The molecule has 0 bridgehead atoms. The second-order valence-electron chi connectivity index (χ2n) is 4.34. The van der Waals surface area contributed by atoms with Gasteiger partial charge in [-0.25, -0.2) is 8.78 Å². The van der Waals surface area contributed by atoms with E-state index in [-0.39, 0.29) is 22.0 Å². The molecule has 6 heteroatoms. The molecule has 0 fully saturated rings. The number of aromatic amines is 1. The van der Waals surface area contributed by atoms with E-state index in [0.717, 1.165) is 6.07 Å². The fourth-order valence-electron chi connectivity index (χ4n) is 2.16. The Balaban J connectivity index is 2.92. The minimum absolute atomic E-state index is 0.0653. The quantitative estimate of drug-likeness (QED) is 0.877. The van der Waals surface area contributed by atoms with Crippen molar-refractivity contribution in [2.75, 3.05) is 0 Å². The van der Waals surface area contributed by atoms with Gasteiger partial charge in [0.1, 0.15) is 0 Å². The van der Waals surface area contributed by atoms with Crippen molar-refractivity contribution >= 4 is 16.9 Å². The molecule has 0 amide bonds. The Morgan fingerprint density at radius 1 is 1.37 bits per heavy atom. The lowest BCUT2D eigenvalue weighted by Gasteiger charge is -2.12. The largest absolute Gasteiger partial charge is 0.481 e. The molecule has 4 nitrogen and oxygen atoms in total. The Bertz CT molecular complexity index is 737. The van der Waals surface area contributed by atoms with E-state index in [2.05, 4.69) is 4.98 Å². The van der Waals surface area contributed by atoms with E-state index >= 15 is 0 Å². The molecule has 0 spiro atoms. The van der Waals surface area contributed by atoms with Crippen LogP contribution in [0, 0.1) is 18.6 Å². The molecule has 0 saturated carbocycles. The lowest BCUT2D eigenvalue weighted by atomic mass is 9.95. The van der Waals surface area contributed by atoms with Crippen LogP contribution in [0.2, 0.25) is 0 Å². The molecule has 2 rings (SSSR count). The zero-order valence-corrected chi connectivity index (χ0v) is 10.3. The van der Waals surface area contributed by atoms with Crippen LogP contribution in [0.25, 0.3) is 10.9 Å². The van der Waals surface area contributed by atoms with Gasteiger partial charge in [-0.2, -0.15) is 0 Å². The van der Waals surface area contributed by atoms with Crippen LogP contribution in [0.15, 0.2) is 16.9 Å². The number of H-pyrrole nitrogens is 1. The smallest absolute Gasteiger partial charge is 0.310 e. The highest BCUT2D eigenvalue weighted by molar-refractivity contribution is 5.86. The van der Waals surface area contributed by atoms with E-state index in [4.69, 9.17) is 5.11 Å². The van der Waals surface area contributed by atoms with E-state index in [0.29, 0.717) is 0 Å². The topological polar surface area (TPSA) is 70.2 Å². The summed E-state index contributed by atoms with van der Waals surface area (Å²) in [7, 11) is 0. The van der Waals surface area contributed by atoms with Crippen LogP contribution in [0.3, 0.4) is 0 Å². The highest BCUT2D eigenvalue weighted by atomic mass is 19.2. The first kappa shape index (κ1) is 13.2. The van der Waals surface area contributed by atoms with Crippen LogP contribution < -0.4 is 5.56 Å². The fourth-order valence-corrected chi connectivity index (χ4v) is 2.16. The van der Waals surface area contributed by atoms with Crippen molar-refractivity contribution in [3.63, 3.8) is 0 Å². The second-order valence-corrected chi connectivity index (χ2v) is 4.34. The van der Waals surface area contributed by atoms with Crippen LogP contribution in [0.5, 0.6) is 0 Å². The van der Waals surface area contributed by atoms with Crippen molar-refractivity contribution < 1.29 is 18.7 Å². The van der Waals surface area contributed by atoms with Gasteiger partial charge in [0.05, 0.1) is 11.4 Å². The molecule has 0 unspecified atom stereocenters. The van der Waals surface area contributed by atoms with Gasteiger partial charge in [-0.3, -0.25) is 9.59 Å². The van der Waals surface area contributed by atoms with Gasteiger partial charge in [0.2, 0.25) is 0 Å². The zero-order valence-electron chi connectivity index (χ0n) is 10.3. The molecular weight excluding hydrogens is 256 g/mol. The lowest BCUT2D eigenvalue weighted by molar-refractivity contribution is -0.138. The summed E-state index contributed by atoms with van der Waals surface area (Å²) in [6.07, 6.45) is 0. The summed E-state index contributed by atoms with van der Waals surface area (Å²) < 4.78 is 27.0. The van der Waals surface area contributed by atoms with Gasteiger partial charge in [0.15, 0.2) is 11.6 Å². The number of carboxylic acid groups (broad SMARTS) is 1. The van der Waals surface area contributed by atoms with Crippen molar-refractivity contribution in [3.8, 4) is 0 Å². The van der Waals surface area contributed by atoms with E-state index < -0.39 is 29.1 Å². The maximum atomic E-state index is 13.8. The molecule has 2 N–H and O–H groups in total. The molecule has 2 aromatic rings. The third kappa shape index (κ3) is 1.99. The number of fused-ring (bicyclic) bond motifs is 1. The summed E-state index contributed by atoms with van der Waals surface area (Å²) in [5.74, 6) is -4.44. The standard InChI is InChI=1S/C13H11F2NO3/c1-5-9(6(2)13(18)19)12(17)16-8-4-3-7(14)11(15)10(5)8/h3-4,6H,1-2H3,(H,16,17)(H,18,19)/t6-/m0/s1. The predicted molar refractivity (Wildman–Crippen MR) is 65.3 cm³/mol. The average molecular weight is 267 g/mol. The van der Waals surface area contributed by atoms with Crippen LogP contribution in [-0.2, 0) is 4.79 Å². The second kappa shape index (κ2) is 4.46. The molecule has 0 aliphatic carbocycles. The lowest BCUT2D eigenvalue weighted by Crippen LogP contribution is -2.22. The number of hydrogen-bond donors (Lipinski definition) is 2. The van der Waals surface area contributed by atoms with Crippen LogP contribution in [-0.4, -0.2) is 16.1 Å². The summed E-state index contributed by atoms with van der Waals surface area (Å²) in [4.78, 5) is 25.2. The van der Waals surface area contributed by atoms with Crippen LogP contribution in [0.1, 0.15) is 24.0 Å². The van der Waals surface area contributed by atoms with Gasteiger partial charge in [-0.1, -0.05) is 0 Å². The van der Waals surface area contributed by atoms with Gasteiger partial charge in [-0.05, 0) is 31.5 Å². The number of hydrogen-bond acceptors (Lipinski definition) is 2. The van der Waals surface area contributed by atoms with Gasteiger partial charge >= 0.3 is 5.97 Å². The third-order valence-corrected chi connectivity index (χ3v) is 3.17. The summed E-state index contributed by atoms with van der Waals surface area (Å²) in [5.41, 5.74) is -0.385. The molecule has 0 radical (unpaired) electrons. The number of carboxylic acids is 1. The summed E-state index contributed by atoms with van der Waals surface area (Å²) in [5, 5.41) is 8.86. The Kier molecular flexibility index (Phi) is 3.09. The van der Waals surface area contributed by atoms with Crippen molar-refractivity contribution in [2.24, 2.45) is 0 Å².